The molecule has 0 saturated heterocycles. The molecule has 0 fully saturated rings. The molecule has 2 rings (SSSR count). The molecule has 3 nitrogen and oxygen atoms in total. The molecule has 0 aliphatic rings. The third kappa shape index (κ3) is 3.98. The van der Waals surface area contributed by atoms with Crippen LogP contribution in [0, 0.1) is 17.5 Å². The number of carbonyl (C=O) groups excluding carboxylic acids is 1. The van der Waals surface area contributed by atoms with Crippen LogP contribution in [0.5, 0.6) is 0 Å². The van der Waals surface area contributed by atoms with Crippen LogP contribution in [0.25, 0.3) is 0 Å². The van der Waals surface area contributed by atoms with Crippen molar-refractivity contribution in [3.63, 3.8) is 0 Å². The van der Waals surface area contributed by atoms with Crippen molar-refractivity contribution in [2.45, 2.75) is 6.42 Å². The smallest absolute Gasteiger partial charge is 0.254 e. The first kappa shape index (κ1) is 14.9. The minimum Gasteiger partial charge on any atom is -0.399 e. The van der Waals surface area contributed by atoms with Gasteiger partial charge in [0.15, 0.2) is 0 Å². The second-order valence-electron chi connectivity index (χ2n) is 4.52. The van der Waals surface area contributed by atoms with E-state index >= 15 is 0 Å². The Morgan fingerprint density at radius 3 is 2.33 bits per heavy atom. The number of rotatable bonds is 4. The topological polar surface area (TPSA) is 55.1 Å². The molecule has 0 aromatic heterocycles. The van der Waals surface area contributed by atoms with Gasteiger partial charge in [-0.3, -0.25) is 4.79 Å². The van der Waals surface area contributed by atoms with E-state index in [1.54, 1.807) is 0 Å². The van der Waals surface area contributed by atoms with Gasteiger partial charge in [0.2, 0.25) is 0 Å². The maximum Gasteiger partial charge on any atom is 0.254 e. The fourth-order valence-corrected chi connectivity index (χ4v) is 1.89. The summed E-state index contributed by atoms with van der Waals surface area (Å²) in [6.45, 7) is 0.130. The Kier molecular flexibility index (Phi) is 4.47. The van der Waals surface area contributed by atoms with E-state index in [-0.39, 0.29) is 24.2 Å². The van der Waals surface area contributed by atoms with Crippen molar-refractivity contribution in [2.24, 2.45) is 0 Å². The fraction of sp³-hybridized carbons (Fsp3) is 0.133. The Labute approximate surface area is 119 Å². The van der Waals surface area contributed by atoms with Gasteiger partial charge in [-0.25, -0.2) is 13.2 Å². The summed E-state index contributed by atoms with van der Waals surface area (Å²) in [4.78, 5) is 11.8. The van der Waals surface area contributed by atoms with Gasteiger partial charge in [-0.1, -0.05) is 0 Å². The van der Waals surface area contributed by atoms with Crippen LogP contribution in [-0.4, -0.2) is 12.5 Å². The van der Waals surface area contributed by atoms with E-state index in [0.29, 0.717) is 5.56 Å². The molecule has 6 heteroatoms. The Morgan fingerprint density at radius 1 is 1.05 bits per heavy atom. The van der Waals surface area contributed by atoms with Crippen molar-refractivity contribution < 1.29 is 18.0 Å². The molecule has 2 aromatic carbocycles. The largest absolute Gasteiger partial charge is 0.399 e. The molecule has 3 N–H and O–H groups in total. The molecular weight excluding hydrogens is 281 g/mol. The second kappa shape index (κ2) is 6.30. The van der Waals surface area contributed by atoms with E-state index in [2.05, 4.69) is 5.32 Å². The highest BCUT2D eigenvalue weighted by molar-refractivity contribution is 5.94. The van der Waals surface area contributed by atoms with Gasteiger partial charge in [-0.2, -0.15) is 0 Å². The number of nitrogens with two attached hydrogens (primary N) is 1. The molecule has 0 aliphatic heterocycles. The summed E-state index contributed by atoms with van der Waals surface area (Å²) in [5, 5.41) is 2.48. The Balaban J connectivity index is 1.95. The highest BCUT2D eigenvalue weighted by Crippen LogP contribution is 2.12. The van der Waals surface area contributed by atoms with Crippen molar-refractivity contribution in [1.82, 2.24) is 5.32 Å². The van der Waals surface area contributed by atoms with Crippen LogP contribution >= 0.6 is 0 Å². The van der Waals surface area contributed by atoms with Crippen LogP contribution in [0.1, 0.15) is 15.9 Å². The summed E-state index contributed by atoms with van der Waals surface area (Å²) in [5.74, 6) is -2.68. The van der Waals surface area contributed by atoms with E-state index in [1.807, 2.05) is 0 Å². The summed E-state index contributed by atoms with van der Waals surface area (Å²) in [6.07, 6.45) is 0.233. The molecule has 0 bridgehead atoms. The van der Waals surface area contributed by atoms with E-state index in [9.17, 15) is 18.0 Å². The zero-order valence-corrected chi connectivity index (χ0v) is 11.0. The molecule has 0 aliphatic carbocycles. The van der Waals surface area contributed by atoms with Crippen LogP contribution in [0.4, 0.5) is 18.9 Å². The Morgan fingerprint density at radius 2 is 1.71 bits per heavy atom. The first-order valence-corrected chi connectivity index (χ1v) is 6.24. The standard InChI is InChI=1S/C15H13F3N2O/c16-10-5-9(6-11(17)7-10)3-4-20-15(21)13-2-1-12(19)8-14(13)18/h1-2,5-8H,3-4,19H2,(H,20,21). The minimum atomic E-state index is -0.718. The van der Waals surface area contributed by atoms with Crippen LogP contribution in [0.2, 0.25) is 0 Å². The number of amides is 1. The quantitative estimate of drug-likeness (QED) is 0.852. The maximum absolute atomic E-state index is 13.5. The molecule has 0 radical (unpaired) electrons. The van der Waals surface area contributed by atoms with E-state index in [4.69, 9.17) is 5.73 Å². The first-order chi connectivity index (χ1) is 9.95. The predicted octanol–water partition coefficient (Wildman–Crippen LogP) is 2.66. The van der Waals surface area contributed by atoms with Crippen molar-refractivity contribution in [2.75, 3.05) is 12.3 Å². The zero-order chi connectivity index (χ0) is 15.4. The molecular formula is C15H13F3N2O. The minimum absolute atomic E-state index is 0.130. The average Bonchev–Trinajstić information content (AvgIpc) is 2.37. The van der Waals surface area contributed by atoms with Crippen molar-refractivity contribution in [3.8, 4) is 0 Å². The van der Waals surface area contributed by atoms with E-state index in [1.165, 1.54) is 24.3 Å². The van der Waals surface area contributed by atoms with Gasteiger partial charge in [-0.05, 0) is 42.3 Å². The third-order valence-corrected chi connectivity index (χ3v) is 2.86. The fourth-order valence-electron chi connectivity index (χ4n) is 1.89. The van der Waals surface area contributed by atoms with Gasteiger partial charge >= 0.3 is 0 Å². The van der Waals surface area contributed by atoms with Crippen LogP contribution < -0.4 is 11.1 Å². The van der Waals surface area contributed by atoms with E-state index in [0.717, 1.165) is 12.1 Å². The molecule has 1 amide bonds. The number of hydrogen-bond acceptors (Lipinski definition) is 2. The summed E-state index contributed by atoms with van der Waals surface area (Å²) >= 11 is 0. The zero-order valence-electron chi connectivity index (χ0n) is 11.0. The summed E-state index contributed by atoms with van der Waals surface area (Å²) in [6, 6.07) is 6.88. The van der Waals surface area contributed by atoms with E-state index < -0.39 is 23.4 Å². The van der Waals surface area contributed by atoms with Gasteiger partial charge in [0, 0.05) is 18.3 Å². The lowest BCUT2D eigenvalue weighted by Crippen LogP contribution is -2.26. The highest BCUT2D eigenvalue weighted by atomic mass is 19.1. The Bertz CT molecular complexity index is 654. The van der Waals surface area contributed by atoms with Crippen molar-refractivity contribution in [3.05, 3.63) is 65.0 Å². The highest BCUT2D eigenvalue weighted by Gasteiger charge is 2.11. The average molecular weight is 294 g/mol. The predicted molar refractivity (Wildman–Crippen MR) is 73.2 cm³/mol. The second-order valence-corrected chi connectivity index (χ2v) is 4.52. The SMILES string of the molecule is Nc1ccc(C(=O)NCCc2cc(F)cc(F)c2)c(F)c1. The molecule has 0 spiro atoms. The van der Waals surface area contributed by atoms with Crippen LogP contribution in [0.15, 0.2) is 36.4 Å². The van der Waals surface area contributed by atoms with Gasteiger partial charge < -0.3 is 11.1 Å². The molecule has 0 heterocycles. The summed E-state index contributed by atoms with van der Waals surface area (Å²) < 4.78 is 39.5. The number of benzene rings is 2. The van der Waals surface area contributed by atoms with Gasteiger partial charge in [-0.15, -0.1) is 0 Å². The molecule has 21 heavy (non-hydrogen) atoms. The summed E-state index contributed by atoms with van der Waals surface area (Å²) in [7, 11) is 0. The number of nitrogens with one attached hydrogen (secondary N) is 1. The maximum atomic E-state index is 13.5. The van der Waals surface area contributed by atoms with Crippen molar-refractivity contribution in [1.29, 1.82) is 0 Å². The lowest BCUT2D eigenvalue weighted by Gasteiger charge is -2.07. The van der Waals surface area contributed by atoms with Gasteiger partial charge in [0.25, 0.3) is 5.91 Å². The third-order valence-electron chi connectivity index (χ3n) is 2.86. The number of nitrogen functional groups attached to an aromatic ring is 1. The lowest BCUT2D eigenvalue weighted by atomic mass is 10.1. The number of anilines is 1. The number of hydrogen-bond donors (Lipinski definition) is 2. The number of carbonyl (C=O) groups is 1. The lowest BCUT2D eigenvalue weighted by molar-refractivity contribution is 0.0950. The number of halogens is 3. The van der Waals surface area contributed by atoms with Gasteiger partial charge in [0.05, 0.1) is 5.56 Å². The molecule has 110 valence electrons. The monoisotopic (exact) mass is 294 g/mol. The van der Waals surface area contributed by atoms with Gasteiger partial charge in [0.1, 0.15) is 17.5 Å². The molecule has 2 aromatic rings. The van der Waals surface area contributed by atoms with Crippen LogP contribution in [0.3, 0.4) is 0 Å². The molecule has 0 saturated carbocycles. The normalized spacial score (nSPS) is 10.4. The molecule has 0 atom stereocenters. The summed E-state index contributed by atoms with van der Waals surface area (Å²) in [5.41, 5.74) is 5.89. The first-order valence-electron chi connectivity index (χ1n) is 6.24. The van der Waals surface area contributed by atoms with Crippen molar-refractivity contribution >= 4 is 11.6 Å². The Hall–Kier alpha value is -2.50. The molecule has 0 unspecified atom stereocenters. The van der Waals surface area contributed by atoms with Crippen LogP contribution in [-0.2, 0) is 6.42 Å².